The molecule has 0 radical (unpaired) electrons. The van der Waals surface area contributed by atoms with Crippen molar-refractivity contribution in [3.8, 4) is 11.4 Å². The van der Waals surface area contributed by atoms with Crippen LogP contribution in [0.4, 0.5) is 4.39 Å². The molecule has 0 aliphatic carbocycles. The van der Waals surface area contributed by atoms with E-state index in [4.69, 9.17) is 11.6 Å². The second-order valence-corrected chi connectivity index (χ2v) is 7.33. The third kappa shape index (κ3) is 3.85. The number of hydrogen-bond donors (Lipinski definition) is 1. The van der Waals surface area contributed by atoms with E-state index in [-0.39, 0.29) is 23.5 Å². The van der Waals surface area contributed by atoms with E-state index in [1.807, 2.05) is 36.6 Å². The average molecular weight is 425 g/mol. The first kappa shape index (κ1) is 17.9. The summed E-state index contributed by atoms with van der Waals surface area (Å²) in [7, 11) is 0. The van der Waals surface area contributed by atoms with Crippen LogP contribution in [0, 0.1) is 5.82 Å². The Hall–Kier alpha value is -1.92. The molecule has 130 valence electrons. The van der Waals surface area contributed by atoms with Crippen LogP contribution < -0.4 is 5.32 Å². The minimum absolute atomic E-state index is 0.0175. The maximum atomic E-state index is 13.5. The fourth-order valence-electron chi connectivity index (χ4n) is 2.63. The van der Waals surface area contributed by atoms with Crippen molar-refractivity contribution in [3.63, 3.8) is 0 Å². The molecule has 0 bridgehead atoms. The molecule has 0 saturated heterocycles. The van der Waals surface area contributed by atoms with E-state index in [0.717, 1.165) is 15.5 Å². The number of benzene rings is 2. The fraction of sp³-hybridized carbons (Fsp3) is 0.222. The lowest BCUT2D eigenvalue weighted by Crippen LogP contribution is -2.33. The van der Waals surface area contributed by atoms with Crippen LogP contribution in [0.2, 0.25) is 5.02 Å². The van der Waals surface area contributed by atoms with Crippen LogP contribution in [-0.4, -0.2) is 21.5 Å². The quantitative estimate of drug-likeness (QED) is 0.655. The van der Waals surface area contributed by atoms with Gasteiger partial charge in [0.25, 0.3) is 0 Å². The zero-order chi connectivity index (χ0) is 18.1. The molecule has 0 aliphatic heterocycles. The van der Waals surface area contributed by atoms with E-state index in [1.54, 1.807) is 6.07 Å². The summed E-state index contributed by atoms with van der Waals surface area (Å²) in [5.74, 6) is -0.0473. The number of carbonyl (C=O) groups excluding carboxylic acids is 1. The monoisotopic (exact) mass is 423 g/mol. The first-order chi connectivity index (χ1) is 11.8. The number of nitrogens with zero attached hydrogens (tertiary/aromatic N) is 2. The molecule has 1 N–H and O–H groups in total. The number of fused-ring (bicyclic) bond motifs is 1. The largest absolute Gasteiger partial charge is 0.352 e. The van der Waals surface area contributed by atoms with Gasteiger partial charge < -0.3 is 9.88 Å². The molecule has 4 nitrogen and oxygen atoms in total. The second-order valence-electron chi connectivity index (χ2n) is 6.01. The standard InChI is InChI=1S/C18H16BrClFN3O/c1-10(2)22-17(25)9-24-16-6-4-12(19)8-15(16)23-18(24)11-3-5-14(21)13(20)7-11/h3-8,10H,9H2,1-2H3,(H,22,25). The summed E-state index contributed by atoms with van der Waals surface area (Å²) >= 11 is 9.34. The lowest BCUT2D eigenvalue weighted by molar-refractivity contribution is -0.122. The summed E-state index contributed by atoms with van der Waals surface area (Å²) in [6.45, 7) is 3.92. The van der Waals surface area contributed by atoms with E-state index in [1.165, 1.54) is 12.1 Å². The van der Waals surface area contributed by atoms with Gasteiger partial charge in [0.2, 0.25) is 5.91 Å². The van der Waals surface area contributed by atoms with Crippen LogP contribution in [0.5, 0.6) is 0 Å². The van der Waals surface area contributed by atoms with Gasteiger partial charge in [-0.3, -0.25) is 4.79 Å². The Morgan fingerprint density at radius 2 is 2.08 bits per heavy atom. The number of imidazole rings is 1. The number of amides is 1. The van der Waals surface area contributed by atoms with Gasteiger partial charge in [0.05, 0.1) is 16.1 Å². The average Bonchev–Trinajstić information content (AvgIpc) is 2.87. The topological polar surface area (TPSA) is 46.9 Å². The molecular weight excluding hydrogens is 409 g/mol. The van der Waals surface area contributed by atoms with Gasteiger partial charge in [-0.1, -0.05) is 27.5 Å². The van der Waals surface area contributed by atoms with Crippen LogP contribution in [-0.2, 0) is 11.3 Å². The summed E-state index contributed by atoms with van der Waals surface area (Å²) in [5.41, 5.74) is 2.20. The fourth-order valence-corrected chi connectivity index (χ4v) is 3.16. The molecule has 0 aliphatic rings. The van der Waals surface area contributed by atoms with E-state index in [2.05, 4.69) is 26.2 Å². The maximum absolute atomic E-state index is 13.5. The Labute approximate surface area is 158 Å². The third-order valence-corrected chi connectivity index (χ3v) is 4.42. The number of aromatic nitrogens is 2. The second kappa shape index (κ2) is 7.14. The molecule has 1 amide bonds. The van der Waals surface area contributed by atoms with Crippen molar-refractivity contribution in [3.05, 3.63) is 51.7 Å². The molecule has 25 heavy (non-hydrogen) atoms. The molecular formula is C18H16BrClFN3O. The molecule has 3 aromatic rings. The number of nitrogens with one attached hydrogen (secondary N) is 1. The Morgan fingerprint density at radius 3 is 2.76 bits per heavy atom. The van der Waals surface area contributed by atoms with Crippen molar-refractivity contribution in [2.75, 3.05) is 0 Å². The Morgan fingerprint density at radius 1 is 1.32 bits per heavy atom. The number of halogens is 3. The highest BCUT2D eigenvalue weighted by Gasteiger charge is 2.17. The zero-order valence-corrected chi connectivity index (χ0v) is 16.0. The molecule has 0 unspecified atom stereocenters. The van der Waals surface area contributed by atoms with Gasteiger partial charge in [0, 0.05) is 16.1 Å². The Balaban J connectivity index is 2.14. The zero-order valence-electron chi connectivity index (χ0n) is 13.7. The van der Waals surface area contributed by atoms with E-state index in [9.17, 15) is 9.18 Å². The molecule has 0 fully saturated rings. The molecule has 0 saturated carbocycles. The number of carbonyl (C=O) groups is 1. The summed E-state index contributed by atoms with van der Waals surface area (Å²) in [4.78, 5) is 16.9. The van der Waals surface area contributed by atoms with Gasteiger partial charge in [-0.25, -0.2) is 9.37 Å². The van der Waals surface area contributed by atoms with Gasteiger partial charge in [0.15, 0.2) is 0 Å². The highest BCUT2D eigenvalue weighted by atomic mass is 79.9. The van der Waals surface area contributed by atoms with Crippen molar-refractivity contribution >= 4 is 44.5 Å². The van der Waals surface area contributed by atoms with Crippen LogP contribution >= 0.6 is 27.5 Å². The normalized spacial score (nSPS) is 11.3. The predicted molar refractivity (Wildman–Crippen MR) is 101 cm³/mol. The lowest BCUT2D eigenvalue weighted by atomic mass is 10.2. The van der Waals surface area contributed by atoms with Gasteiger partial charge in [-0.15, -0.1) is 0 Å². The third-order valence-electron chi connectivity index (χ3n) is 3.64. The smallest absolute Gasteiger partial charge is 0.240 e. The van der Waals surface area contributed by atoms with Gasteiger partial charge >= 0.3 is 0 Å². The molecule has 1 heterocycles. The highest BCUT2D eigenvalue weighted by molar-refractivity contribution is 9.10. The van der Waals surface area contributed by atoms with E-state index >= 15 is 0 Å². The van der Waals surface area contributed by atoms with Crippen LogP contribution in [0.15, 0.2) is 40.9 Å². The summed E-state index contributed by atoms with van der Waals surface area (Å²) in [6, 6.07) is 10.1. The Bertz CT molecular complexity index is 955. The van der Waals surface area contributed by atoms with Crippen LogP contribution in [0.25, 0.3) is 22.4 Å². The van der Waals surface area contributed by atoms with Crippen LogP contribution in [0.3, 0.4) is 0 Å². The molecule has 1 aromatic heterocycles. The van der Waals surface area contributed by atoms with Crippen molar-refractivity contribution in [1.29, 1.82) is 0 Å². The first-order valence-electron chi connectivity index (χ1n) is 7.75. The van der Waals surface area contributed by atoms with Crippen molar-refractivity contribution in [2.45, 2.75) is 26.4 Å². The van der Waals surface area contributed by atoms with Crippen molar-refractivity contribution in [1.82, 2.24) is 14.9 Å². The molecule has 7 heteroatoms. The number of rotatable bonds is 4. The summed E-state index contributed by atoms with van der Waals surface area (Å²) in [6.07, 6.45) is 0. The maximum Gasteiger partial charge on any atom is 0.240 e. The van der Waals surface area contributed by atoms with Gasteiger partial charge in [-0.2, -0.15) is 0 Å². The molecule has 0 atom stereocenters. The number of hydrogen-bond acceptors (Lipinski definition) is 2. The van der Waals surface area contributed by atoms with E-state index in [0.29, 0.717) is 11.4 Å². The van der Waals surface area contributed by atoms with Crippen LogP contribution in [0.1, 0.15) is 13.8 Å². The molecule has 3 rings (SSSR count). The first-order valence-corrected chi connectivity index (χ1v) is 8.93. The molecule has 2 aromatic carbocycles. The van der Waals surface area contributed by atoms with Gasteiger partial charge in [-0.05, 0) is 50.2 Å². The molecule has 0 spiro atoms. The summed E-state index contributed by atoms with van der Waals surface area (Å²) < 4.78 is 16.2. The SMILES string of the molecule is CC(C)NC(=O)Cn1c(-c2ccc(F)c(Cl)c2)nc2cc(Br)ccc21. The van der Waals surface area contributed by atoms with E-state index < -0.39 is 5.82 Å². The highest BCUT2D eigenvalue weighted by Crippen LogP contribution is 2.29. The lowest BCUT2D eigenvalue weighted by Gasteiger charge is -2.12. The van der Waals surface area contributed by atoms with Crippen molar-refractivity contribution < 1.29 is 9.18 Å². The summed E-state index contributed by atoms with van der Waals surface area (Å²) in [5, 5.41) is 2.89. The van der Waals surface area contributed by atoms with Gasteiger partial charge in [0.1, 0.15) is 18.2 Å². The van der Waals surface area contributed by atoms with Crippen molar-refractivity contribution in [2.24, 2.45) is 0 Å². The minimum atomic E-state index is -0.492. The predicted octanol–water partition coefficient (Wildman–Crippen LogP) is 4.78. The Kier molecular flexibility index (Phi) is 5.11. The minimum Gasteiger partial charge on any atom is -0.352 e.